The number of benzene rings is 1. The van der Waals surface area contributed by atoms with E-state index in [1.54, 1.807) is 24.1 Å². The fourth-order valence-corrected chi connectivity index (χ4v) is 3.72. The average Bonchev–Trinajstić information content (AvgIpc) is 3.25. The van der Waals surface area contributed by atoms with Crippen LogP contribution in [-0.2, 0) is 0 Å². The number of piperazine rings is 1. The zero-order valence-corrected chi connectivity index (χ0v) is 17.7. The first-order chi connectivity index (χ1) is 14.6. The van der Waals surface area contributed by atoms with Gasteiger partial charge in [-0.25, -0.2) is 9.67 Å². The average molecular weight is 406 g/mol. The Labute approximate surface area is 176 Å². The van der Waals surface area contributed by atoms with Crippen molar-refractivity contribution in [1.29, 1.82) is 0 Å². The fraction of sp³-hybridized carbons (Fsp3) is 0.348. The molecule has 0 atom stereocenters. The van der Waals surface area contributed by atoms with Crippen molar-refractivity contribution in [1.82, 2.24) is 24.6 Å². The summed E-state index contributed by atoms with van der Waals surface area (Å²) in [5.41, 5.74) is 3.07. The Balaban J connectivity index is 1.66. The van der Waals surface area contributed by atoms with E-state index in [9.17, 15) is 4.79 Å². The minimum absolute atomic E-state index is 0.0317. The molecule has 0 unspecified atom stereocenters. The van der Waals surface area contributed by atoms with E-state index in [0.29, 0.717) is 30.7 Å². The Morgan fingerprint density at radius 2 is 1.77 bits per heavy atom. The molecule has 0 aliphatic carbocycles. The van der Waals surface area contributed by atoms with Crippen molar-refractivity contribution in [3.63, 3.8) is 0 Å². The van der Waals surface area contributed by atoms with Crippen LogP contribution in [0.15, 0.2) is 54.7 Å². The molecule has 1 aliphatic heterocycles. The van der Waals surface area contributed by atoms with Crippen molar-refractivity contribution >= 4 is 5.91 Å². The second-order valence-corrected chi connectivity index (χ2v) is 7.67. The number of aromatic nitrogens is 3. The van der Waals surface area contributed by atoms with Gasteiger partial charge in [0.25, 0.3) is 5.91 Å². The molecule has 1 amide bonds. The van der Waals surface area contributed by atoms with Gasteiger partial charge in [-0.2, -0.15) is 5.10 Å². The summed E-state index contributed by atoms with van der Waals surface area (Å²) in [6, 6.07) is 16.0. The van der Waals surface area contributed by atoms with E-state index in [4.69, 9.17) is 4.74 Å². The number of ether oxygens (including phenoxy) is 1. The van der Waals surface area contributed by atoms with Gasteiger partial charge in [-0.15, -0.1) is 0 Å². The molecule has 3 aromatic rings. The van der Waals surface area contributed by atoms with E-state index in [0.717, 1.165) is 30.0 Å². The van der Waals surface area contributed by atoms with Gasteiger partial charge < -0.3 is 9.64 Å². The third kappa shape index (κ3) is 4.07. The van der Waals surface area contributed by atoms with Gasteiger partial charge in [-0.1, -0.05) is 30.3 Å². The van der Waals surface area contributed by atoms with Crippen molar-refractivity contribution < 1.29 is 9.53 Å². The quantitative estimate of drug-likeness (QED) is 0.653. The molecule has 0 spiro atoms. The highest BCUT2D eigenvalue weighted by Crippen LogP contribution is 2.25. The predicted octanol–water partition coefficient (Wildman–Crippen LogP) is 3.11. The number of carbonyl (C=O) groups excluding carboxylic acids is 1. The largest absolute Gasteiger partial charge is 0.481 e. The number of methoxy groups -OCH3 is 1. The first-order valence-corrected chi connectivity index (χ1v) is 10.3. The molecule has 1 aromatic carbocycles. The van der Waals surface area contributed by atoms with Gasteiger partial charge in [0, 0.05) is 43.9 Å². The summed E-state index contributed by atoms with van der Waals surface area (Å²) in [5, 5.41) is 4.67. The summed E-state index contributed by atoms with van der Waals surface area (Å²) in [6.45, 7) is 7.59. The number of hydrogen-bond acceptors (Lipinski definition) is 5. The van der Waals surface area contributed by atoms with Crippen LogP contribution in [0.1, 0.15) is 24.3 Å². The number of rotatable bonds is 5. The molecule has 156 valence electrons. The van der Waals surface area contributed by atoms with Crippen LogP contribution in [0.3, 0.4) is 0 Å². The molecule has 2 aromatic heterocycles. The molecule has 1 fully saturated rings. The van der Waals surface area contributed by atoms with E-state index in [1.807, 2.05) is 47.4 Å². The SMILES string of the molecule is COc1ccc(-n2nc(C(=O)N3CCN(C(C)C)CC3)cc2-c2ccccc2)cn1. The minimum atomic E-state index is -0.0317. The number of hydrogen-bond donors (Lipinski definition) is 0. The molecule has 0 N–H and O–H groups in total. The zero-order valence-electron chi connectivity index (χ0n) is 17.7. The smallest absolute Gasteiger partial charge is 0.274 e. The second kappa shape index (κ2) is 8.67. The summed E-state index contributed by atoms with van der Waals surface area (Å²) in [7, 11) is 1.58. The highest BCUT2D eigenvalue weighted by atomic mass is 16.5. The molecule has 4 rings (SSSR count). The molecule has 1 aliphatic rings. The van der Waals surface area contributed by atoms with Crippen molar-refractivity contribution in [3.05, 3.63) is 60.4 Å². The van der Waals surface area contributed by atoms with Crippen molar-refractivity contribution in [2.75, 3.05) is 33.3 Å². The number of carbonyl (C=O) groups is 1. The Morgan fingerprint density at radius 1 is 1.03 bits per heavy atom. The number of pyridine rings is 1. The predicted molar refractivity (Wildman–Crippen MR) is 116 cm³/mol. The van der Waals surface area contributed by atoms with E-state index in [1.165, 1.54) is 0 Å². The maximum atomic E-state index is 13.2. The highest BCUT2D eigenvalue weighted by Gasteiger charge is 2.26. The minimum Gasteiger partial charge on any atom is -0.481 e. The van der Waals surface area contributed by atoms with E-state index in [-0.39, 0.29) is 5.91 Å². The van der Waals surface area contributed by atoms with Crippen molar-refractivity contribution in [3.8, 4) is 22.8 Å². The van der Waals surface area contributed by atoms with Crippen LogP contribution in [0.4, 0.5) is 0 Å². The first-order valence-electron chi connectivity index (χ1n) is 10.3. The first kappa shape index (κ1) is 20.1. The van der Waals surface area contributed by atoms with Crippen LogP contribution < -0.4 is 4.74 Å². The van der Waals surface area contributed by atoms with Gasteiger partial charge in [0.15, 0.2) is 5.69 Å². The van der Waals surface area contributed by atoms with E-state index >= 15 is 0 Å². The maximum absolute atomic E-state index is 13.2. The molecule has 30 heavy (non-hydrogen) atoms. The maximum Gasteiger partial charge on any atom is 0.274 e. The summed E-state index contributed by atoms with van der Waals surface area (Å²) in [6.07, 6.45) is 1.70. The van der Waals surface area contributed by atoms with Crippen LogP contribution in [0.25, 0.3) is 16.9 Å². The van der Waals surface area contributed by atoms with Gasteiger partial charge in [0.05, 0.1) is 24.7 Å². The lowest BCUT2D eigenvalue weighted by molar-refractivity contribution is 0.0589. The molecule has 0 radical (unpaired) electrons. The van der Waals surface area contributed by atoms with E-state index in [2.05, 4.69) is 28.8 Å². The zero-order chi connectivity index (χ0) is 21.1. The van der Waals surface area contributed by atoms with Crippen LogP contribution >= 0.6 is 0 Å². The Bertz CT molecular complexity index is 990. The molecule has 1 saturated heterocycles. The Hall–Kier alpha value is -3.19. The summed E-state index contributed by atoms with van der Waals surface area (Å²) in [4.78, 5) is 21.8. The molecule has 7 nitrogen and oxygen atoms in total. The molecule has 3 heterocycles. The van der Waals surface area contributed by atoms with Gasteiger partial charge in [0.2, 0.25) is 5.88 Å². The topological polar surface area (TPSA) is 63.5 Å². The van der Waals surface area contributed by atoms with Crippen molar-refractivity contribution in [2.24, 2.45) is 0 Å². The summed E-state index contributed by atoms with van der Waals surface area (Å²) in [5.74, 6) is 0.502. The molecule has 0 bridgehead atoms. The molecular formula is C23H27N5O2. The lowest BCUT2D eigenvalue weighted by Gasteiger charge is -2.36. The lowest BCUT2D eigenvalue weighted by Crippen LogP contribution is -2.50. The highest BCUT2D eigenvalue weighted by molar-refractivity contribution is 5.93. The van der Waals surface area contributed by atoms with Crippen LogP contribution in [0.5, 0.6) is 5.88 Å². The van der Waals surface area contributed by atoms with Crippen LogP contribution in [0.2, 0.25) is 0 Å². The standard InChI is InChI=1S/C23H27N5O2/c1-17(2)26-11-13-27(14-12-26)23(29)20-15-21(18-7-5-4-6-8-18)28(25-20)19-9-10-22(30-3)24-16-19/h4-10,15-17H,11-14H2,1-3H3. The number of nitrogens with zero attached hydrogens (tertiary/aromatic N) is 5. The molecule has 0 saturated carbocycles. The van der Waals surface area contributed by atoms with Gasteiger partial charge in [0.1, 0.15) is 0 Å². The van der Waals surface area contributed by atoms with Crippen LogP contribution in [0, 0.1) is 0 Å². The van der Waals surface area contributed by atoms with Gasteiger partial charge >= 0.3 is 0 Å². The second-order valence-electron chi connectivity index (χ2n) is 7.67. The van der Waals surface area contributed by atoms with Gasteiger partial charge in [-0.05, 0) is 26.0 Å². The summed E-state index contributed by atoms with van der Waals surface area (Å²) < 4.78 is 6.94. The monoisotopic (exact) mass is 405 g/mol. The van der Waals surface area contributed by atoms with Gasteiger partial charge in [-0.3, -0.25) is 9.69 Å². The Morgan fingerprint density at radius 3 is 2.37 bits per heavy atom. The fourth-order valence-electron chi connectivity index (χ4n) is 3.72. The molecular weight excluding hydrogens is 378 g/mol. The molecule has 7 heteroatoms. The number of amides is 1. The Kier molecular flexibility index (Phi) is 5.81. The third-order valence-corrected chi connectivity index (χ3v) is 5.50. The van der Waals surface area contributed by atoms with E-state index < -0.39 is 0 Å². The normalized spacial score (nSPS) is 14.9. The summed E-state index contributed by atoms with van der Waals surface area (Å²) >= 11 is 0. The van der Waals surface area contributed by atoms with Crippen LogP contribution in [-0.4, -0.2) is 69.8 Å². The lowest BCUT2D eigenvalue weighted by atomic mass is 10.1. The third-order valence-electron chi connectivity index (χ3n) is 5.50. The van der Waals surface area contributed by atoms with Crippen molar-refractivity contribution in [2.45, 2.75) is 19.9 Å².